The van der Waals surface area contributed by atoms with Gasteiger partial charge in [0.15, 0.2) is 11.5 Å². The topological polar surface area (TPSA) is 68.0 Å². The van der Waals surface area contributed by atoms with Crippen LogP contribution in [0.25, 0.3) is 10.4 Å². The minimum atomic E-state index is 0.0472. The molecule has 192 valence electrons. The van der Waals surface area contributed by atoms with Crippen LogP contribution in [0, 0.1) is 26.7 Å². The van der Waals surface area contributed by atoms with Crippen LogP contribution in [-0.2, 0) is 17.8 Å². The van der Waals surface area contributed by atoms with E-state index in [0.717, 1.165) is 47.0 Å². The van der Waals surface area contributed by atoms with E-state index in [4.69, 9.17) is 14.0 Å². The number of nitrogens with zero attached hydrogens (tertiary/aromatic N) is 3. The van der Waals surface area contributed by atoms with Gasteiger partial charge < -0.3 is 23.8 Å². The molecule has 1 atom stereocenters. The lowest BCUT2D eigenvalue weighted by Gasteiger charge is -2.29. The van der Waals surface area contributed by atoms with Crippen molar-refractivity contribution in [3.63, 3.8) is 0 Å². The number of carbonyl (C=O) groups is 1. The van der Waals surface area contributed by atoms with Gasteiger partial charge in [-0.25, -0.2) is 0 Å². The molecule has 1 fully saturated rings. The molecule has 2 aliphatic rings. The van der Waals surface area contributed by atoms with Crippen LogP contribution in [0.3, 0.4) is 0 Å². The van der Waals surface area contributed by atoms with Gasteiger partial charge in [-0.2, -0.15) is 0 Å². The van der Waals surface area contributed by atoms with Gasteiger partial charge in [0.2, 0.25) is 5.91 Å². The smallest absolute Gasteiger partial charge is 0.227 e. The van der Waals surface area contributed by atoms with E-state index in [1.807, 2.05) is 18.7 Å². The predicted molar refractivity (Wildman–Crippen MR) is 141 cm³/mol. The van der Waals surface area contributed by atoms with Gasteiger partial charge in [-0.15, -0.1) is 11.3 Å². The highest BCUT2D eigenvalue weighted by atomic mass is 32.1. The van der Waals surface area contributed by atoms with Gasteiger partial charge in [0, 0.05) is 39.9 Å². The largest absolute Gasteiger partial charge is 0.489 e. The fourth-order valence-corrected chi connectivity index (χ4v) is 6.02. The van der Waals surface area contributed by atoms with Gasteiger partial charge in [-0.3, -0.25) is 4.79 Å². The highest BCUT2D eigenvalue weighted by Gasteiger charge is 2.26. The molecule has 0 unspecified atom stereocenters. The van der Waals surface area contributed by atoms with Gasteiger partial charge in [0.05, 0.1) is 25.3 Å². The number of thiophene rings is 1. The Bertz CT molecular complexity index is 1210. The van der Waals surface area contributed by atoms with Crippen molar-refractivity contribution in [2.75, 3.05) is 39.9 Å². The van der Waals surface area contributed by atoms with E-state index in [1.165, 1.54) is 22.6 Å². The first-order valence-electron chi connectivity index (χ1n) is 12.7. The molecule has 0 radical (unpaired) electrons. The average Bonchev–Trinajstić information content (AvgIpc) is 3.34. The Morgan fingerprint density at radius 2 is 2.08 bits per heavy atom. The normalized spacial score (nSPS) is 18.4. The Hall–Kier alpha value is -2.84. The standard InChI is InChI=1S/C28H35N3O4S/c1-18-7-8-26(36-18)22-12-23-16-31(27(32)14-24-19(2)29-35-20(24)3)10-11-33-28(23)25(13-22)34-17-21-6-5-9-30(4)15-21/h7-8,12-13,21H,5-6,9-11,14-17H2,1-4H3/t21-/m1/s1. The molecule has 1 amide bonds. The van der Waals surface area contributed by atoms with E-state index >= 15 is 0 Å². The van der Waals surface area contributed by atoms with Crippen molar-refractivity contribution >= 4 is 17.2 Å². The fraction of sp³-hybridized carbons (Fsp3) is 0.500. The number of aromatic nitrogens is 1. The van der Waals surface area contributed by atoms with Gasteiger partial charge >= 0.3 is 0 Å². The zero-order valence-corrected chi connectivity index (χ0v) is 22.5. The number of aryl methyl sites for hydroxylation is 3. The third-order valence-electron chi connectivity index (χ3n) is 7.18. The van der Waals surface area contributed by atoms with Gasteiger partial charge in [-0.05, 0) is 77.0 Å². The predicted octanol–water partition coefficient (Wildman–Crippen LogP) is 5.01. The first-order chi connectivity index (χ1) is 17.4. The maximum atomic E-state index is 13.3. The SMILES string of the molecule is Cc1ccc(-c2cc3c(c(OC[C@@H]4CCCN(C)C4)c2)OCCN(C(=O)Cc2c(C)noc2C)C3)s1. The molecule has 36 heavy (non-hydrogen) atoms. The first kappa shape index (κ1) is 24.8. The number of hydrogen-bond donors (Lipinski definition) is 0. The molecule has 7 nitrogen and oxygen atoms in total. The van der Waals surface area contributed by atoms with E-state index in [0.29, 0.717) is 38.0 Å². The van der Waals surface area contributed by atoms with Gasteiger partial charge in [-0.1, -0.05) is 5.16 Å². The molecule has 0 bridgehead atoms. The highest BCUT2D eigenvalue weighted by molar-refractivity contribution is 7.15. The van der Waals surface area contributed by atoms with Crippen LogP contribution in [0.4, 0.5) is 0 Å². The van der Waals surface area contributed by atoms with E-state index in [2.05, 4.69) is 48.3 Å². The van der Waals surface area contributed by atoms with Crippen molar-refractivity contribution in [1.29, 1.82) is 0 Å². The molecule has 0 aliphatic carbocycles. The van der Waals surface area contributed by atoms with Crippen LogP contribution >= 0.6 is 11.3 Å². The molecule has 3 aromatic rings. The summed E-state index contributed by atoms with van der Waals surface area (Å²) in [7, 11) is 2.18. The third-order valence-corrected chi connectivity index (χ3v) is 8.23. The molecular formula is C28H35N3O4S. The number of piperidine rings is 1. The Kier molecular flexibility index (Phi) is 7.34. The summed E-state index contributed by atoms with van der Waals surface area (Å²) in [5, 5.41) is 4.00. The molecule has 0 N–H and O–H groups in total. The summed E-state index contributed by atoms with van der Waals surface area (Å²) in [5.74, 6) is 2.80. The summed E-state index contributed by atoms with van der Waals surface area (Å²) >= 11 is 1.76. The van der Waals surface area contributed by atoms with E-state index in [-0.39, 0.29) is 12.3 Å². The number of carbonyl (C=O) groups excluding carboxylic acids is 1. The molecule has 2 aromatic heterocycles. The summed E-state index contributed by atoms with van der Waals surface area (Å²) in [6, 6.07) is 8.56. The fourth-order valence-electron chi connectivity index (χ4n) is 5.17. The quantitative estimate of drug-likeness (QED) is 0.465. The van der Waals surface area contributed by atoms with Crippen molar-refractivity contribution in [3.8, 4) is 21.9 Å². The van der Waals surface area contributed by atoms with E-state index in [9.17, 15) is 4.79 Å². The Labute approximate surface area is 217 Å². The first-order valence-corrected chi connectivity index (χ1v) is 13.6. The molecule has 8 heteroatoms. The third kappa shape index (κ3) is 5.44. The van der Waals surface area contributed by atoms with Crippen molar-refractivity contribution < 1.29 is 18.8 Å². The van der Waals surface area contributed by atoms with Crippen LogP contribution < -0.4 is 9.47 Å². The van der Waals surface area contributed by atoms with Crippen molar-refractivity contribution in [2.45, 2.75) is 46.6 Å². The lowest BCUT2D eigenvalue weighted by atomic mass is 9.99. The molecule has 0 spiro atoms. The van der Waals surface area contributed by atoms with Crippen molar-refractivity contribution in [3.05, 3.63) is 51.7 Å². The van der Waals surface area contributed by atoms with Gasteiger partial charge in [0.1, 0.15) is 12.4 Å². The second-order valence-corrected chi connectivity index (χ2v) is 11.4. The average molecular weight is 510 g/mol. The maximum absolute atomic E-state index is 13.3. The second-order valence-electron chi connectivity index (χ2n) is 10.1. The van der Waals surface area contributed by atoms with Crippen LogP contribution in [0.2, 0.25) is 0 Å². The molecule has 1 aromatic carbocycles. The van der Waals surface area contributed by atoms with E-state index < -0.39 is 0 Å². The highest BCUT2D eigenvalue weighted by Crippen LogP contribution is 2.40. The van der Waals surface area contributed by atoms with Crippen molar-refractivity contribution in [1.82, 2.24) is 15.0 Å². The monoisotopic (exact) mass is 509 g/mol. The minimum absolute atomic E-state index is 0.0472. The summed E-state index contributed by atoms with van der Waals surface area (Å²) in [5.41, 5.74) is 3.73. The minimum Gasteiger partial charge on any atom is -0.489 e. The van der Waals surface area contributed by atoms with Crippen LogP contribution in [0.5, 0.6) is 11.5 Å². The van der Waals surface area contributed by atoms with Crippen LogP contribution in [-0.4, -0.2) is 60.8 Å². The van der Waals surface area contributed by atoms with E-state index in [1.54, 1.807) is 11.3 Å². The molecule has 0 saturated carbocycles. The van der Waals surface area contributed by atoms with Crippen LogP contribution in [0.15, 0.2) is 28.8 Å². The summed E-state index contributed by atoms with van der Waals surface area (Å²) in [4.78, 5) is 20.0. The zero-order chi connectivity index (χ0) is 25.2. The number of rotatable bonds is 6. The summed E-state index contributed by atoms with van der Waals surface area (Å²) < 4.78 is 18.0. The zero-order valence-electron chi connectivity index (χ0n) is 21.6. The number of benzene rings is 1. The molecule has 4 heterocycles. The summed E-state index contributed by atoms with van der Waals surface area (Å²) in [6.45, 7) is 10.2. The number of hydrogen-bond acceptors (Lipinski definition) is 7. The lowest BCUT2D eigenvalue weighted by molar-refractivity contribution is -0.131. The molecule has 1 saturated heterocycles. The second kappa shape index (κ2) is 10.6. The van der Waals surface area contributed by atoms with Crippen molar-refractivity contribution in [2.24, 2.45) is 5.92 Å². The van der Waals surface area contributed by atoms with Gasteiger partial charge in [0.25, 0.3) is 0 Å². The number of fused-ring (bicyclic) bond motifs is 1. The Morgan fingerprint density at radius 3 is 2.81 bits per heavy atom. The number of amides is 1. The molecule has 5 rings (SSSR count). The Morgan fingerprint density at radius 1 is 1.22 bits per heavy atom. The molecule has 2 aliphatic heterocycles. The maximum Gasteiger partial charge on any atom is 0.227 e. The summed E-state index contributed by atoms with van der Waals surface area (Å²) in [6.07, 6.45) is 2.66. The lowest BCUT2D eigenvalue weighted by Crippen LogP contribution is -2.34. The Balaban J connectivity index is 1.42. The van der Waals surface area contributed by atoms with Crippen LogP contribution in [0.1, 0.15) is 40.3 Å². The number of ether oxygens (including phenoxy) is 2. The number of likely N-dealkylation sites (tertiary alicyclic amines) is 1. The molecular weight excluding hydrogens is 474 g/mol.